The van der Waals surface area contributed by atoms with Crippen molar-refractivity contribution < 1.29 is 14.2 Å². The number of hydrogen-bond donors (Lipinski definition) is 0. The predicted molar refractivity (Wildman–Crippen MR) is 73.9 cm³/mol. The van der Waals surface area contributed by atoms with Crippen LogP contribution in [0.2, 0.25) is 0 Å². The van der Waals surface area contributed by atoms with Gasteiger partial charge >= 0.3 is 0 Å². The summed E-state index contributed by atoms with van der Waals surface area (Å²) in [5, 5.41) is 0. The Morgan fingerprint density at radius 1 is 1.05 bits per heavy atom. The Labute approximate surface area is 117 Å². The predicted octanol–water partition coefficient (Wildman–Crippen LogP) is 3.51. The first-order chi connectivity index (χ1) is 8.96. The van der Waals surface area contributed by atoms with Gasteiger partial charge in [0.2, 0.25) is 0 Å². The lowest BCUT2D eigenvalue weighted by molar-refractivity contribution is -0.323. The van der Waals surface area contributed by atoms with Crippen molar-refractivity contribution in [1.82, 2.24) is 0 Å². The lowest BCUT2D eigenvalue weighted by Crippen LogP contribution is -2.64. The Balaban J connectivity index is 1.96. The molecule has 0 bridgehead atoms. The molecule has 1 aliphatic carbocycles. The normalized spacial score (nSPS) is 44.2. The van der Waals surface area contributed by atoms with Gasteiger partial charge in [-0.05, 0) is 38.0 Å². The largest absolute Gasteiger partial charge is 0.374 e. The topological polar surface area (TPSA) is 27.7 Å². The van der Waals surface area contributed by atoms with Crippen LogP contribution in [-0.4, -0.2) is 31.2 Å². The first-order valence-electron chi connectivity index (χ1n) is 7.89. The highest BCUT2D eigenvalue weighted by Gasteiger charge is 2.64. The fraction of sp³-hybridized carbons (Fsp3) is 1.00. The molecule has 3 rings (SSSR count). The van der Waals surface area contributed by atoms with Crippen molar-refractivity contribution in [3.05, 3.63) is 0 Å². The quantitative estimate of drug-likeness (QED) is 0.728. The maximum absolute atomic E-state index is 6.43. The number of hydrogen-bond acceptors (Lipinski definition) is 3. The highest BCUT2D eigenvalue weighted by Crippen LogP contribution is 2.60. The SMILES string of the molecule is CCC12CC[C@H](C)OC1C(C)(C)C1(CC2)OCCO1. The van der Waals surface area contributed by atoms with E-state index in [1.807, 2.05) is 0 Å². The lowest BCUT2D eigenvalue weighted by atomic mass is 9.54. The zero-order valence-electron chi connectivity index (χ0n) is 12.8. The second-order valence-corrected chi connectivity index (χ2v) is 7.25. The van der Waals surface area contributed by atoms with E-state index in [-0.39, 0.29) is 11.5 Å². The molecule has 3 aliphatic rings. The van der Waals surface area contributed by atoms with Gasteiger partial charge in [0.15, 0.2) is 5.79 Å². The molecule has 2 saturated heterocycles. The van der Waals surface area contributed by atoms with Crippen molar-refractivity contribution in [3.63, 3.8) is 0 Å². The Morgan fingerprint density at radius 2 is 1.74 bits per heavy atom. The summed E-state index contributed by atoms with van der Waals surface area (Å²) in [5.74, 6) is -0.409. The molecule has 2 heterocycles. The van der Waals surface area contributed by atoms with E-state index in [4.69, 9.17) is 14.2 Å². The van der Waals surface area contributed by atoms with Crippen LogP contribution in [0.1, 0.15) is 59.8 Å². The van der Waals surface area contributed by atoms with Crippen molar-refractivity contribution in [2.75, 3.05) is 13.2 Å². The second-order valence-electron chi connectivity index (χ2n) is 7.25. The van der Waals surface area contributed by atoms with Crippen molar-refractivity contribution >= 4 is 0 Å². The fourth-order valence-corrected chi connectivity index (χ4v) is 4.70. The third-order valence-corrected chi connectivity index (χ3v) is 6.02. The van der Waals surface area contributed by atoms with Crippen LogP contribution in [0.5, 0.6) is 0 Å². The molecular weight excluding hydrogens is 240 g/mol. The van der Waals surface area contributed by atoms with Gasteiger partial charge in [0.25, 0.3) is 0 Å². The average Bonchev–Trinajstić information content (AvgIpc) is 2.87. The third-order valence-electron chi connectivity index (χ3n) is 6.02. The van der Waals surface area contributed by atoms with Gasteiger partial charge in [0, 0.05) is 11.8 Å². The highest BCUT2D eigenvalue weighted by molar-refractivity contribution is 5.09. The van der Waals surface area contributed by atoms with E-state index in [2.05, 4.69) is 27.7 Å². The lowest BCUT2D eigenvalue weighted by Gasteiger charge is -2.61. The molecule has 0 amide bonds. The molecule has 0 aromatic heterocycles. The van der Waals surface area contributed by atoms with E-state index in [0.29, 0.717) is 11.5 Å². The summed E-state index contributed by atoms with van der Waals surface area (Å²) >= 11 is 0. The first kappa shape index (κ1) is 13.8. The molecule has 3 atom stereocenters. The number of rotatable bonds is 1. The molecule has 3 heteroatoms. The van der Waals surface area contributed by atoms with E-state index >= 15 is 0 Å². The van der Waals surface area contributed by atoms with Gasteiger partial charge in [0.05, 0.1) is 25.4 Å². The minimum atomic E-state index is -0.409. The number of fused-ring (bicyclic) bond motifs is 1. The van der Waals surface area contributed by atoms with Gasteiger partial charge in [-0.3, -0.25) is 0 Å². The van der Waals surface area contributed by atoms with E-state index in [1.54, 1.807) is 0 Å². The van der Waals surface area contributed by atoms with E-state index < -0.39 is 5.79 Å². The molecular formula is C16H28O3. The Bertz CT molecular complexity index is 346. The summed E-state index contributed by atoms with van der Waals surface area (Å²) < 4.78 is 18.6. The molecule has 1 spiro atoms. The van der Waals surface area contributed by atoms with Gasteiger partial charge in [-0.15, -0.1) is 0 Å². The molecule has 3 nitrogen and oxygen atoms in total. The van der Waals surface area contributed by atoms with Crippen LogP contribution >= 0.6 is 0 Å². The van der Waals surface area contributed by atoms with Crippen LogP contribution in [0, 0.1) is 10.8 Å². The second kappa shape index (κ2) is 4.44. The fourth-order valence-electron chi connectivity index (χ4n) is 4.70. The molecule has 0 aromatic carbocycles. The van der Waals surface area contributed by atoms with E-state index in [9.17, 15) is 0 Å². The molecule has 19 heavy (non-hydrogen) atoms. The standard InChI is InChI=1S/C16H28O3/c1-5-15-7-6-12(2)19-13(15)14(3,4)16(9-8-15)17-10-11-18-16/h12-13H,5-11H2,1-4H3/t12-,13?,15?/m0/s1. The van der Waals surface area contributed by atoms with Crippen LogP contribution in [0.3, 0.4) is 0 Å². The third kappa shape index (κ3) is 1.81. The monoisotopic (exact) mass is 268 g/mol. The Hall–Kier alpha value is -0.120. The summed E-state index contributed by atoms with van der Waals surface area (Å²) in [6, 6.07) is 0. The van der Waals surface area contributed by atoms with Gasteiger partial charge < -0.3 is 14.2 Å². The minimum Gasteiger partial charge on any atom is -0.374 e. The van der Waals surface area contributed by atoms with Crippen LogP contribution in [0.4, 0.5) is 0 Å². The van der Waals surface area contributed by atoms with Gasteiger partial charge in [-0.2, -0.15) is 0 Å². The summed E-state index contributed by atoms with van der Waals surface area (Å²) in [4.78, 5) is 0. The molecule has 0 N–H and O–H groups in total. The van der Waals surface area contributed by atoms with Crippen molar-refractivity contribution in [3.8, 4) is 0 Å². The van der Waals surface area contributed by atoms with Crippen molar-refractivity contribution in [2.45, 2.75) is 77.8 Å². The Morgan fingerprint density at radius 3 is 2.37 bits per heavy atom. The van der Waals surface area contributed by atoms with Gasteiger partial charge in [-0.25, -0.2) is 0 Å². The molecule has 3 fully saturated rings. The van der Waals surface area contributed by atoms with Gasteiger partial charge in [0.1, 0.15) is 0 Å². The zero-order chi connectivity index (χ0) is 13.7. The molecule has 0 aromatic rings. The summed E-state index contributed by atoms with van der Waals surface area (Å²) in [5.41, 5.74) is 0.253. The zero-order valence-corrected chi connectivity index (χ0v) is 12.8. The van der Waals surface area contributed by atoms with Gasteiger partial charge in [-0.1, -0.05) is 20.8 Å². The van der Waals surface area contributed by atoms with Crippen molar-refractivity contribution in [2.24, 2.45) is 10.8 Å². The van der Waals surface area contributed by atoms with Crippen LogP contribution in [0.25, 0.3) is 0 Å². The number of ether oxygens (including phenoxy) is 3. The van der Waals surface area contributed by atoms with Crippen molar-refractivity contribution in [1.29, 1.82) is 0 Å². The van der Waals surface area contributed by atoms with Crippen LogP contribution in [0.15, 0.2) is 0 Å². The average molecular weight is 268 g/mol. The van der Waals surface area contributed by atoms with E-state index in [1.165, 1.54) is 25.7 Å². The first-order valence-corrected chi connectivity index (χ1v) is 7.89. The molecule has 0 radical (unpaired) electrons. The maximum Gasteiger partial charge on any atom is 0.176 e. The summed E-state index contributed by atoms with van der Waals surface area (Å²) in [6.07, 6.45) is 6.47. The molecule has 2 aliphatic heterocycles. The highest BCUT2D eigenvalue weighted by atomic mass is 16.7. The maximum atomic E-state index is 6.43. The Kier molecular flexibility index (Phi) is 3.23. The van der Waals surface area contributed by atoms with Crippen LogP contribution < -0.4 is 0 Å². The molecule has 2 unspecified atom stereocenters. The van der Waals surface area contributed by atoms with Crippen LogP contribution in [-0.2, 0) is 14.2 Å². The summed E-state index contributed by atoms with van der Waals surface area (Å²) in [7, 11) is 0. The minimum absolute atomic E-state index is 0.0769. The summed E-state index contributed by atoms with van der Waals surface area (Å²) in [6.45, 7) is 10.5. The molecule has 1 saturated carbocycles. The smallest absolute Gasteiger partial charge is 0.176 e. The molecule has 110 valence electrons. The van der Waals surface area contributed by atoms with E-state index in [0.717, 1.165) is 19.6 Å².